The molecule has 0 aliphatic heterocycles. The second-order valence-electron chi connectivity index (χ2n) is 4.11. The second-order valence-corrected chi connectivity index (χ2v) is 5.03. The number of carboxylic acids is 1. The molecule has 1 aliphatic rings. The molecule has 0 saturated heterocycles. The zero-order chi connectivity index (χ0) is 12.4. The predicted molar refractivity (Wildman–Crippen MR) is 65.6 cm³/mol. The Balaban J connectivity index is 1.89. The maximum absolute atomic E-state index is 11.6. The highest BCUT2D eigenvalue weighted by atomic mass is 79.9. The summed E-state index contributed by atoms with van der Waals surface area (Å²) >= 11 is 3.36. The van der Waals surface area contributed by atoms with Crippen LogP contribution >= 0.6 is 15.9 Å². The minimum Gasteiger partial charge on any atom is -0.480 e. The lowest BCUT2D eigenvalue weighted by Gasteiger charge is -2.02. The van der Waals surface area contributed by atoms with Gasteiger partial charge in [-0.3, -0.25) is 9.59 Å². The van der Waals surface area contributed by atoms with Gasteiger partial charge in [0.05, 0.1) is 0 Å². The monoisotopic (exact) mass is 297 g/mol. The Hall–Kier alpha value is -1.36. The van der Waals surface area contributed by atoms with Gasteiger partial charge < -0.3 is 10.4 Å². The first-order valence-corrected chi connectivity index (χ1v) is 6.12. The number of benzene rings is 1. The summed E-state index contributed by atoms with van der Waals surface area (Å²) in [6.07, 6.45) is 0.799. The van der Waals surface area contributed by atoms with Gasteiger partial charge in [0.15, 0.2) is 0 Å². The zero-order valence-electron chi connectivity index (χ0n) is 9.02. The van der Waals surface area contributed by atoms with Crippen molar-refractivity contribution in [3.63, 3.8) is 0 Å². The number of halogens is 1. The first-order valence-electron chi connectivity index (χ1n) is 5.33. The molecule has 2 N–H and O–H groups in total. The van der Waals surface area contributed by atoms with Crippen LogP contribution < -0.4 is 5.32 Å². The van der Waals surface area contributed by atoms with E-state index in [9.17, 15) is 9.59 Å². The summed E-state index contributed by atoms with van der Waals surface area (Å²) in [4.78, 5) is 21.9. The molecule has 0 unspecified atom stereocenters. The molecule has 0 radical (unpaired) electrons. The molecule has 1 aromatic rings. The first kappa shape index (κ1) is 12.1. The molecule has 0 spiro atoms. The first-order chi connectivity index (χ1) is 8.08. The molecular weight excluding hydrogens is 286 g/mol. The van der Waals surface area contributed by atoms with Crippen LogP contribution in [-0.4, -0.2) is 23.5 Å². The topological polar surface area (TPSA) is 66.4 Å². The van der Waals surface area contributed by atoms with E-state index in [1.54, 1.807) is 0 Å². The Morgan fingerprint density at radius 1 is 1.35 bits per heavy atom. The molecular formula is C12H12BrNO3. The number of hydrogen-bond donors (Lipinski definition) is 2. The molecule has 1 amide bonds. The van der Waals surface area contributed by atoms with Crippen molar-refractivity contribution >= 4 is 27.8 Å². The Bertz CT molecular complexity index is 444. The smallest absolute Gasteiger partial charge is 0.322 e. The van der Waals surface area contributed by atoms with Crippen molar-refractivity contribution in [2.24, 2.45) is 5.92 Å². The fourth-order valence-corrected chi connectivity index (χ4v) is 2.12. The van der Waals surface area contributed by atoms with Gasteiger partial charge in [-0.05, 0) is 30.0 Å². The van der Waals surface area contributed by atoms with Crippen molar-refractivity contribution in [2.75, 3.05) is 6.54 Å². The Labute approximate surface area is 107 Å². The molecule has 0 bridgehead atoms. The van der Waals surface area contributed by atoms with Crippen LogP contribution in [-0.2, 0) is 9.59 Å². The van der Waals surface area contributed by atoms with Crippen molar-refractivity contribution in [3.8, 4) is 0 Å². The number of nitrogens with one attached hydrogen (secondary N) is 1. The fourth-order valence-electron chi connectivity index (χ4n) is 1.86. The van der Waals surface area contributed by atoms with E-state index in [0.717, 1.165) is 16.5 Å². The summed E-state index contributed by atoms with van der Waals surface area (Å²) in [5.41, 5.74) is 1.13. The average molecular weight is 298 g/mol. The van der Waals surface area contributed by atoms with E-state index in [0.29, 0.717) is 0 Å². The van der Waals surface area contributed by atoms with Gasteiger partial charge in [0.2, 0.25) is 5.91 Å². The quantitative estimate of drug-likeness (QED) is 0.890. The molecule has 2 atom stereocenters. The van der Waals surface area contributed by atoms with Crippen molar-refractivity contribution in [3.05, 3.63) is 34.3 Å². The number of rotatable bonds is 4. The maximum Gasteiger partial charge on any atom is 0.322 e. The lowest BCUT2D eigenvalue weighted by atomic mass is 10.1. The Morgan fingerprint density at radius 2 is 2.00 bits per heavy atom. The van der Waals surface area contributed by atoms with Crippen molar-refractivity contribution in [1.82, 2.24) is 5.32 Å². The van der Waals surface area contributed by atoms with Crippen LogP contribution in [0.5, 0.6) is 0 Å². The fraction of sp³-hybridized carbons (Fsp3) is 0.333. The Morgan fingerprint density at radius 3 is 2.59 bits per heavy atom. The van der Waals surface area contributed by atoms with Crippen LogP contribution in [0.15, 0.2) is 28.7 Å². The van der Waals surface area contributed by atoms with E-state index < -0.39 is 5.97 Å². The highest BCUT2D eigenvalue weighted by Crippen LogP contribution is 2.47. The van der Waals surface area contributed by atoms with E-state index in [1.165, 1.54) is 0 Å². The largest absolute Gasteiger partial charge is 0.480 e. The summed E-state index contributed by atoms with van der Waals surface area (Å²) in [5.74, 6) is -1.02. The zero-order valence-corrected chi connectivity index (χ0v) is 10.6. The predicted octanol–water partition coefficient (Wildman–Crippen LogP) is 1.75. The van der Waals surface area contributed by atoms with Gasteiger partial charge >= 0.3 is 5.97 Å². The SMILES string of the molecule is O=C(O)CNC(=O)[C@@H]1C[C@@H]1c1ccc(Br)cc1. The van der Waals surface area contributed by atoms with Gasteiger partial charge in [-0.25, -0.2) is 0 Å². The molecule has 2 rings (SSSR count). The van der Waals surface area contributed by atoms with Gasteiger partial charge in [0.1, 0.15) is 6.54 Å². The lowest BCUT2D eigenvalue weighted by molar-refractivity contribution is -0.138. The highest BCUT2D eigenvalue weighted by Gasteiger charge is 2.43. The number of carbonyl (C=O) groups excluding carboxylic acids is 1. The van der Waals surface area contributed by atoms with Crippen LogP contribution in [0.25, 0.3) is 0 Å². The molecule has 90 valence electrons. The Kier molecular flexibility index (Phi) is 3.47. The number of carbonyl (C=O) groups is 2. The van der Waals surface area contributed by atoms with Crippen molar-refractivity contribution in [2.45, 2.75) is 12.3 Å². The number of aliphatic carboxylic acids is 1. The molecule has 1 saturated carbocycles. The minimum atomic E-state index is -1.01. The van der Waals surface area contributed by atoms with Crippen LogP contribution in [0.3, 0.4) is 0 Å². The molecule has 4 nitrogen and oxygen atoms in total. The molecule has 1 aromatic carbocycles. The summed E-state index contributed by atoms with van der Waals surface area (Å²) < 4.78 is 1.01. The number of carboxylic acid groups (broad SMARTS) is 1. The van der Waals surface area contributed by atoms with Gasteiger partial charge in [-0.15, -0.1) is 0 Å². The van der Waals surface area contributed by atoms with E-state index in [-0.39, 0.29) is 24.3 Å². The van der Waals surface area contributed by atoms with Crippen LogP contribution in [0, 0.1) is 5.92 Å². The molecule has 0 heterocycles. The molecule has 0 aromatic heterocycles. The van der Waals surface area contributed by atoms with Crippen LogP contribution in [0.2, 0.25) is 0 Å². The van der Waals surface area contributed by atoms with E-state index in [2.05, 4.69) is 21.2 Å². The third-order valence-electron chi connectivity index (χ3n) is 2.84. The van der Waals surface area contributed by atoms with Gasteiger partial charge in [0, 0.05) is 10.4 Å². The lowest BCUT2D eigenvalue weighted by Crippen LogP contribution is -2.30. The summed E-state index contributed by atoms with van der Waals surface area (Å²) in [5, 5.41) is 10.9. The average Bonchev–Trinajstić information content (AvgIpc) is 3.07. The van der Waals surface area contributed by atoms with Gasteiger partial charge in [-0.1, -0.05) is 28.1 Å². The standard InChI is InChI=1S/C12H12BrNO3/c13-8-3-1-7(2-4-8)9-5-10(9)12(17)14-6-11(15)16/h1-4,9-10H,5-6H2,(H,14,17)(H,15,16)/t9-,10-/m1/s1. The van der Waals surface area contributed by atoms with Gasteiger partial charge in [0.25, 0.3) is 0 Å². The van der Waals surface area contributed by atoms with Crippen molar-refractivity contribution in [1.29, 1.82) is 0 Å². The summed E-state index contributed by atoms with van der Waals surface area (Å²) in [7, 11) is 0. The maximum atomic E-state index is 11.6. The molecule has 5 heteroatoms. The van der Waals surface area contributed by atoms with Gasteiger partial charge in [-0.2, -0.15) is 0 Å². The highest BCUT2D eigenvalue weighted by molar-refractivity contribution is 9.10. The molecule has 1 fully saturated rings. The van der Waals surface area contributed by atoms with E-state index in [1.807, 2.05) is 24.3 Å². The number of amides is 1. The summed E-state index contributed by atoms with van der Waals surface area (Å²) in [6, 6.07) is 7.86. The van der Waals surface area contributed by atoms with E-state index >= 15 is 0 Å². The minimum absolute atomic E-state index is 0.0736. The molecule has 1 aliphatic carbocycles. The van der Waals surface area contributed by atoms with Crippen molar-refractivity contribution < 1.29 is 14.7 Å². The third kappa shape index (κ3) is 3.06. The van der Waals surface area contributed by atoms with Crippen LogP contribution in [0.1, 0.15) is 17.9 Å². The normalized spacial score (nSPS) is 21.9. The third-order valence-corrected chi connectivity index (χ3v) is 3.37. The molecule has 17 heavy (non-hydrogen) atoms. The number of hydrogen-bond acceptors (Lipinski definition) is 2. The second kappa shape index (κ2) is 4.87. The van der Waals surface area contributed by atoms with Crippen LogP contribution in [0.4, 0.5) is 0 Å². The van der Waals surface area contributed by atoms with E-state index in [4.69, 9.17) is 5.11 Å². The summed E-state index contributed by atoms with van der Waals surface area (Å²) in [6.45, 7) is -0.303.